The summed E-state index contributed by atoms with van der Waals surface area (Å²) in [4.78, 5) is 12.2. The molecule has 7 heteroatoms. The van der Waals surface area contributed by atoms with Crippen molar-refractivity contribution < 1.29 is 9.47 Å². The lowest BCUT2D eigenvalue weighted by Gasteiger charge is -2.10. The van der Waals surface area contributed by atoms with E-state index in [1.54, 1.807) is 0 Å². The van der Waals surface area contributed by atoms with E-state index in [4.69, 9.17) is 15.3 Å². The van der Waals surface area contributed by atoms with Crippen molar-refractivity contribution in [3.63, 3.8) is 0 Å². The van der Waals surface area contributed by atoms with Crippen molar-refractivity contribution in [2.24, 2.45) is 5.84 Å². The van der Waals surface area contributed by atoms with Crippen LogP contribution >= 0.6 is 0 Å². The van der Waals surface area contributed by atoms with Crippen LogP contribution in [0.1, 0.15) is 26.3 Å². The Morgan fingerprint density at radius 2 is 1.95 bits per heavy atom. The second-order valence-electron chi connectivity index (χ2n) is 4.64. The largest absolute Gasteiger partial charge is 0.461 e. The van der Waals surface area contributed by atoms with Crippen LogP contribution in [0.4, 0.5) is 5.95 Å². The van der Waals surface area contributed by atoms with Crippen molar-refractivity contribution in [2.75, 3.05) is 5.43 Å². The molecule has 3 N–H and O–H groups in total. The van der Waals surface area contributed by atoms with Gasteiger partial charge in [-0.25, -0.2) is 5.84 Å². The number of benzene rings is 1. The highest BCUT2D eigenvalue weighted by atomic mass is 16.5. The van der Waals surface area contributed by atoms with Crippen LogP contribution in [0.5, 0.6) is 17.8 Å². The Morgan fingerprint density at radius 3 is 2.62 bits per heavy atom. The first-order valence-electron chi connectivity index (χ1n) is 6.77. The molecule has 0 radical (unpaired) electrons. The molecule has 0 spiro atoms. The summed E-state index contributed by atoms with van der Waals surface area (Å²) in [6, 6.07) is 8.00. The van der Waals surface area contributed by atoms with E-state index in [9.17, 15) is 0 Å². The summed E-state index contributed by atoms with van der Waals surface area (Å²) in [6.07, 6.45) is 0.862. The lowest BCUT2D eigenvalue weighted by Crippen LogP contribution is -2.14. The summed E-state index contributed by atoms with van der Waals surface area (Å²) in [5.74, 6) is 6.18. The molecule has 112 valence electrons. The number of anilines is 1. The molecular formula is C14H19N5O2. The van der Waals surface area contributed by atoms with Crippen molar-refractivity contribution in [1.29, 1.82) is 0 Å². The predicted octanol–water partition coefficient (Wildman–Crippen LogP) is 2.30. The number of hydrazine groups is 1. The molecule has 1 aromatic carbocycles. The molecule has 0 unspecified atom stereocenters. The van der Waals surface area contributed by atoms with Gasteiger partial charge in [0.2, 0.25) is 5.95 Å². The number of nitrogens with two attached hydrogens (primary N) is 1. The van der Waals surface area contributed by atoms with Crippen LogP contribution in [-0.4, -0.2) is 21.1 Å². The minimum absolute atomic E-state index is 0.0608. The molecule has 2 aromatic rings. The normalized spacial score (nSPS) is 10.5. The van der Waals surface area contributed by atoms with E-state index >= 15 is 0 Å². The Bertz CT molecular complexity index is 604. The molecule has 0 aliphatic rings. The third-order valence-corrected chi connectivity index (χ3v) is 2.58. The third kappa shape index (κ3) is 4.28. The first-order valence-corrected chi connectivity index (χ1v) is 6.77. The van der Waals surface area contributed by atoms with Crippen molar-refractivity contribution in [3.05, 3.63) is 29.8 Å². The highest BCUT2D eigenvalue weighted by Gasteiger charge is 2.10. The molecule has 1 aromatic heterocycles. The number of hydrogen-bond donors (Lipinski definition) is 2. The van der Waals surface area contributed by atoms with Crippen LogP contribution in [0.25, 0.3) is 0 Å². The molecule has 0 atom stereocenters. The van der Waals surface area contributed by atoms with E-state index in [-0.39, 0.29) is 24.1 Å². The van der Waals surface area contributed by atoms with Gasteiger partial charge in [-0.1, -0.05) is 19.1 Å². The molecular weight excluding hydrogens is 270 g/mol. The molecule has 0 amide bonds. The van der Waals surface area contributed by atoms with Gasteiger partial charge in [0.05, 0.1) is 6.10 Å². The number of rotatable bonds is 6. The van der Waals surface area contributed by atoms with Crippen LogP contribution in [0.15, 0.2) is 24.3 Å². The van der Waals surface area contributed by atoms with Gasteiger partial charge in [-0.2, -0.15) is 9.97 Å². The van der Waals surface area contributed by atoms with Gasteiger partial charge in [0, 0.05) is 0 Å². The minimum atomic E-state index is -0.0608. The average molecular weight is 289 g/mol. The van der Waals surface area contributed by atoms with Crippen LogP contribution in [0.3, 0.4) is 0 Å². The molecule has 7 nitrogen and oxygen atoms in total. The van der Waals surface area contributed by atoms with Gasteiger partial charge >= 0.3 is 12.0 Å². The van der Waals surface area contributed by atoms with Crippen molar-refractivity contribution in [1.82, 2.24) is 15.0 Å². The summed E-state index contributed by atoms with van der Waals surface area (Å²) in [7, 11) is 0. The van der Waals surface area contributed by atoms with Gasteiger partial charge in [-0.15, -0.1) is 4.98 Å². The second-order valence-corrected chi connectivity index (χ2v) is 4.64. The number of nitrogens with zero attached hydrogens (tertiary/aromatic N) is 3. The Morgan fingerprint density at radius 1 is 1.19 bits per heavy atom. The highest BCUT2D eigenvalue weighted by molar-refractivity contribution is 5.32. The van der Waals surface area contributed by atoms with Gasteiger partial charge < -0.3 is 9.47 Å². The zero-order valence-electron chi connectivity index (χ0n) is 12.3. The first-order chi connectivity index (χ1) is 10.1. The SMILES string of the molecule is CCc1cccc(Oc2nc(NN)nc(OC(C)C)n2)c1. The topological polar surface area (TPSA) is 95.2 Å². The van der Waals surface area contributed by atoms with Gasteiger partial charge in [0.1, 0.15) is 5.75 Å². The number of aromatic nitrogens is 3. The van der Waals surface area contributed by atoms with Gasteiger partial charge in [-0.05, 0) is 38.0 Å². The molecule has 0 aliphatic heterocycles. The number of ether oxygens (including phenoxy) is 2. The number of nitrogens with one attached hydrogen (secondary N) is 1. The zero-order valence-corrected chi connectivity index (χ0v) is 12.3. The fraction of sp³-hybridized carbons (Fsp3) is 0.357. The van der Waals surface area contributed by atoms with Crippen molar-refractivity contribution in [3.8, 4) is 17.8 Å². The van der Waals surface area contributed by atoms with Gasteiger partial charge in [0.15, 0.2) is 0 Å². The summed E-state index contributed by atoms with van der Waals surface area (Å²) in [5.41, 5.74) is 3.53. The standard InChI is InChI=1S/C14H19N5O2/c1-4-10-6-5-7-11(8-10)21-14-17-12(19-15)16-13(18-14)20-9(2)3/h5-9H,4,15H2,1-3H3,(H,16,17,18,19). The van der Waals surface area contributed by atoms with E-state index in [0.29, 0.717) is 5.75 Å². The fourth-order valence-electron chi connectivity index (χ4n) is 1.65. The third-order valence-electron chi connectivity index (χ3n) is 2.58. The zero-order chi connectivity index (χ0) is 15.2. The van der Waals surface area contributed by atoms with Gasteiger partial charge in [0.25, 0.3) is 0 Å². The molecule has 2 rings (SSSR count). The van der Waals surface area contributed by atoms with E-state index < -0.39 is 0 Å². The highest BCUT2D eigenvalue weighted by Crippen LogP contribution is 2.22. The van der Waals surface area contributed by atoms with Crippen LogP contribution in [0, 0.1) is 0 Å². The first kappa shape index (κ1) is 15.0. The lowest BCUT2D eigenvalue weighted by atomic mass is 10.2. The molecule has 0 aliphatic carbocycles. The summed E-state index contributed by atoms with van der Waals surface area (Å²) < 4.78 is 11.1. The van der Waals surface area contributed by atoms with E-state index in [1.807, 2.05) is 38.1 Å². The van der Waals surface area contributed by atoms with Crippen LogP contribution < -0.4 is 20.7 Å². The predicted molar refractivity (Wildman–Crippen MR) is 79.3 cm³/mol. The lowest BCUT2D eigenvalue weighted by molar-refractivity contribution is 0.218. The Labute approximate surface area is 123 Å². The molecule has 0 fully saturated rings. The van der Waals surface area contributed by atoms with Gasteiger partial charge in [-0.3, -0.25) is 5.43 Å². The maximum atomic E-state index is 5.65. The van der Waals surface area contributed by atoms with Crippen molar-refractivity contribution in [2.45, 2.75) is 33.3 Å². The smallest absolute Gasteiger partial charge is 0.330 e. The average Bonchev–Trinajstić information content (AvgIpc) is 2.46. The maximum absolute atomic E-state index is 5.65. The van der Waals surface area contributed by atoms with E-state index in [1.165, 1.54) is 0 Å². The summed E-state index contributed by atoms with van der Waals surface area (Å²) in [5, 5.41) is 0. The molecule has 1 heterocycles. The maximum Gasteiger partial charge on any atom is 0.330 e. The van der Waals surface area contributed by atoms with Crippen molar-refractivity contribution >= 4 is 5.95 Å². The molecule has 0 bridgehead atoms. The molecule has 0 saturated heterocycles. The summed E-state index contributed by atoms with van der Waals surface area (Å²) >= 11 is 0. The Hall–Kier alpha value is -2.41. The molecule has 0 saturated carbocycles. The van der Waals surface area contributed by atoms with E-state index in [0.717, 1.165) is 12.0 Å². The minimum Gasteiger partial charge on any atom is -0.461 e. The quantitative estimate of drug-likeness (QED) is 0.622. The Kier molecular flexibility index (Phi) is 4.89. The fourth-order valence-corrected chi connectivity index (χ4v) is 1.65. The number of hydrogen-bond acceptors (Lipinski definition) is 7. The monoisotopic (exact) mass is 289 g/mol. The summed E-state index contributed by atoms with van der Waals surface area (Å²) in [6.45, 7) is 5.84. The Balaban J connectivity index is 2.25. The number of aryl methyl sites for hydroxylation is 1. The van der Waals surface area contributed by atoms with Crippen LogP contribution in [-0.2, 0) is 6.42 Å². The molecule has 21 heavy (non-hydrogen) atoms. The van der Waals surface area contributed by atoms with E-state index in [2.05, 4.69) is 27.3 Å². The van der Waals surface area contributed by atoms with Crippen LogP contribution in [0.2, 0.25) is 0 Å². The second kappa shape index (κ2) is 6.85. The number of nitrogen functional groups attached to an aromatic ring is 1.